The molecule has 1 amide bonds. The molecule has 0 aliphatic carbocycles. The Labute approximate surface area is 120 Å². The number of nitrogens with one attached hydrogen (secondary N) is 1. The number of hydrogen-bond donors (Lipinski definition) is 1. The molecule has 5 heteroatoms. The van der Waals surface area contributed by atoms with Crippen molar-refractivity contribution >= 4 is 18.5 Å². The van der Waals surface area contributed by atoms with Crippen molar-refractivity contribution in [3.05, 3.63) is 35.9 Å². The first-order chi connectivity index (χ1) is 8.79. The van der Waals surface area contributed by atoms with Crippen LogP contribution in [-0.2, 0) is 11.3 Å². The van der Waals surface area contributed by atoms with Crippen molar-refractivity contribution in [3.63, 3.8) is 0 Å². The number of amides is 1. The molecule has 1 aliphatic rings. The maximum absolute atomic E-state index is 11.9. The van der Waals surface area contributed by atoms with Gasteiger partial charge in [-0.2, -0.15) is 0 Å². The van der Waals surface area contributed by atoms with E-state index >= 15 is 0 Å². The van der Waals surface area contributed by atoms with E-state index in [2.05, 4.69) is 5.32 Å². The van der Waals surface area contributed by atoms with Crippen molar-refractivity contribution in [3.8, 4) is 0 Å². The van der Waals surface area contributed by atoms with Crippen molar-refractivity contribution in [2.24, 2.45) is 0 Å². The molecule has 0 saturated carbocycles. The van der Waals surface area contributed by atoms with Gasteiger partial charge in [-0.05, 0) is 25.5 Å². The van der Waals surface area contributed by atoms with Gasteiger partial charge in [-0.25, -0.2) is 4.79 Å². The van der Waals surface area contributed by atoms with Gasteiger partial charge in [0.15, 0.2) is 0 Å². The minimum Gasteiger partial charge on any atom is -0.445 e. The summed E-state index contributed by atoms with van der Waals surface area (Å²) in [6, 6.07) is 10.2. The lowest BCUT2D eigenvalue weighted by Gasteiger charge is -2.31. The second kappa shape index (κ2) is 8.02. The smallest absolute Gasteiger partial charge is 0.410 e. The van der Waals surface area contributed by atoms with E-state index in [4.69, 9.17) is 4.74 Å². The monoisotopic (exact) mass is 284 g/mol. The van der Waals surface area contributed by atoms with Gasteiger partial charge in [0, 0.05) is 19.1 Å². The SMILES string of the molecule is CNC1CCCN(C(=O)OCc2ccccc2)C1.Cl. The highest BCUT2D eigenvalue weighted by Crippen LogP contribution is 2.11. The molecular formula is C14H21ClN2O2. The molecule has 1 N–H and O–H groups in total. The van der Waals surface area contributed by atoms with Crippen LogP contribution in [0.25, 0.3) is 0 Å². The molecule has 1 fully saturated rings. The number of likely N-dealkylation sites (N-methyl/N-ethyl adjacent to an activating group) is 1. The van der Waals surface area contributed by atoms with Gasteiger partial charge in [0.2, 0.25) is 0 Å². The van der Waals surface area contributed by atoms with Crippen LogP contribution >= 0.6 is 12.4 Å². The number of piperidine rings is 1. The molecule has 106 valence electrons. The van der Waals surface area contributed by atoms with Crippen LogP contribution in [0.3, 0.4) is 0 Å². The van der Waals surface area contributed by atoms with Crippen molar-refractivity contribution in [2.75, 3.05) is 20.1 Å². The van der Waals surface area contributed by atoms with E-state index in [9.17, 15) is 4.79 Å². The lowest BCUT2D eigenvalue weighted by Crippen LogP contribution is -2.47. The molecule has 1 saturated heterocycles. The third-order valence-electron chi connectivity index (χ3n) is 3.29. The second-order valence-electron chi connectivity index (χ2n) is 4.61. The van der Waals surface area contributed by atoms with E-state index in [0.717, 1.165) is 31.5 Å². The fourth-order valence-electron chi connectivity index (χ4n) is 2.19. The maximum Gasteiger partial charge on any atom is 0.410 e. The number of halogens is 1. The summed E-state index contributed by atoms with van der Waals surface area (Å²) < 4.78 is 5.32. The summed E-state index contributed by atoms with van der Waals surface area (Å²) in [6.07, 6.45) is 1.95. The summed E-state index contributed by atoms with van der Waals surface area (Å²) in [5.41, 5.74) is 1.02. The Bertz CT molecular complexity index is 386. The Morgan fingerprint density at radius 3 is 2.84 bits per heavy atom. The summed E-state index contributed by atoms with van der Waals surface area (Å²) in [4.78, 5) is 13.7. The minimum absolute atomic E-state index is 0. The molecular weight excluding hydrogens is 264 g/mol. The van der Waals surface area contributed by atoms with E-state index in [1.807, 2.05) is 37.4 Å². The Morgan fingerprint density at radius 1 is 1.42 bits per heavy atom. The number of nitrogens with zero attached hydrogens (tertiary/aromatic N) is 1. The number of ether oxygens (including phenoxy) is 1. The Morgan fingerprint density at radius 2 is 2.16 bits per heavy atom. The van der Waals surface area contributed by atoms with Gasteiger partial charge in [0.1, 0.15) is 6.61 Å². The summed E-state index contributed by atoms with van der Waals surface area (Å²) >= 11 is 0. The number of rotatable bonds is 3. The normalized spacial score (nSPS) is 18.6. The number of carbonyl (C=O) groups excluding carboxylic acids is 1. The predicted molar refractivity (Wildman–Crippen MR) is 77.5 cm³/mol. The van der Waals surface area contributed by atoms with E-state index in [-0.39, 0.29) is 18.5 Å². The van der Waals surface area contributed by atoms with Crippen LogP contribution in [0, 0.1) is 0 Å². The number of benzene rings is 1. The molecule has 19 heavy (non-hydrogen) atoms. The number of likely N-dealkylation sites (tertiary alicyclic amines) is 1. The average Bonchev–Trinajstić information content (AvgIpc) is 2.46. The standard InChI is InChI=1S/C14H20N2O2.ClH/c1-15-13-8-5-9-16(10-13)14(17)18-11-12-6-3-2-4-7-12;/h2-4,6-7,13,15H,5,8-11H2,1H3;1H. The summed E-state index contributed by atoms with van der Waals surface area (Å²) in [6.45, 7) is 1.89. The largest absolute Gasteiger partial charge is 0.445 e. The van der Waals surface area contributed by atoms with E-state index in [1.54, 1.807) is 4.90 Å². The number of hydrogen-bond acceptors (Lipinski definition) is 3. The highest BCUT2D eigenvalue weighted by Gasteiger charge is 2.23. The topological polar surface area (TPSA) is 41.6 Å². The summed E-state index contributed by atoms with van der Waals surface area (Å²) in [5.74, 6) is 0. The second-order valence-corrected chi connectivity index (χ2v) is 4.61. The van der Waals surface area contributed by atoms with Gasteiger partial charge in [-0.15, -0.1) is 12.4 Å². The van der Waals surface area contributed by atoms with Gasteiger partial charge >= 0.3 is 6.09 Å². The first kappa shape index (κ1) is 15.8. The molecule has 0 bridgehead atoms. The van der Waals surface area contributed by atoms with Gasteiger partial charge in [-0.3, -0.25) is 0 Å². The molecule has 1 aromatic carbocycles. The van der Waals surface area contributed by atoms with Crippen LogP contribution in [0.4, 0.5) is 4.79 Å². The van der Waals surface area contributed by atoms with Crippen molar-refractivity contribution < 1.29 is 9.53 Å². The highest BCUT2D eigenvalue weighted by molar-refractivity contribution is 5.85. The molecule has 4 nitrogen and oxygen atoms in total. The Hall–Kier alpha value is -1.26. The minimum atomic E-state index is -0.209. The summed E-state index contributed by atoms with van der Waals surface area (Å²) in [7, 11) is 1.93. The van der Waals surface area contributed by atoms with Crippen LogP contribution in [0.15, 0.2) is 30.3 Å². The molecule has 2 rings (SSSR count). The van der Waals surface area contributed by atoms with Gasteiger partial charge < -0.3 is 15.0 Å². The molecule has 1 unspecified atom stereocenters. The highest BCUT2D eigenvalue weighted by atomic mass is 35.5. The van der Waals surface area contributed by atoms with Crippen molar-refractivity contribution in [1.29, 1.82) is 0 Å². The Kier molecular flexibility index (Phi) is 6.67. The molecule has 1 atom stereocenters. The first-order valence-corrected chi connectivity index (χ1v) is 6.42. The fourth-order valence-corrected chi connectivity index (χ4v) is 2.19. The van der Waals surface area contributed by atoms with Crippen LogP contribution < -0.4 is 5.32 Å². The van der Waals surface area contributed by atoms with Gasteiger partial charge in [-0.1, -0.05) is 30.3 Å². The fraction of sp³-hybridized carbons (Fsp3) is 0.500. The molecule has 1 aromatic rings. The lowest BCUT2D eigenvalue weighted by molar-refractivity contribution is 0.0840. The van der Waals surface area contributed by atoms with E-state index in [0.29, 0.717) is 12.6 Å². The summed E-state index contributed by atoms with van der Waals surface area (Å²) in [5, 5.41) is 3.21. The number of carbonyl (C=O) groups is 1. The molecule has 0 aromatic heterocycles. The third kappa shape index (κ3) is 4.73. The van der Waals surface area contributed by atoms with Crippen LogP contribution in [0.5, 0.6) is 0 Å². The predicted octanol–water partition coefficient (Wildman–Crippen LogP) is 2.43. The zero-order valence-corrected chi connectivity index (χ0v) is 12.0. The lowest BCUT2D eigenvalue weighted by atomic mass is 10.1. The Balaban J connectivity index is 0.00000180. The van der Waals surface area contributed by atoms with Crippen LogP contribution in [-0.4, -0.2) is 37.2 Å². The van der Waals surface area contributed by atoms with Crippen molar-refractivity contribution in [1.82, 2.24) is 10.2 Å². The van der Waals surface area contributed by atoms with E-state index in [1.165, 1.54) is 0 Å². The van der Waals surface area contributed by atoms with Crippen molar-refractivity contribution in [2.45, 2.75) is 25.5 Å². The zero-order chi connectivity index (χ0) is 12.8. The quantitative estimate of drug-likeness (QED) is 0.927. The zero-order valence-electron chi connectivity index (χ0n) is 11.2. The molecule has 1 aliphatic heterocycles. The van der Waals surface area contributed by atoms with E-state index < -0.39 is 0 Å². The molecule has 0 radical (unpaired) electrons. The third-order valence-corrected chi connectivity index (χ3v) is 3.29. The average molecular weight is 285 g/mol. The maximum atomic E-state index is 11.9. The van der Waals surface area contributed by atoms with Crippen LogP contribution in [0.1, 0.15) is 18.4 Å². The van der Waals surface area contributed by atoms with Gasteiger partial charge in [0.05, 0.1) is 0 Å². The first-order valence-electron chi connectivity index (χ1n) is 6.42. The van der Waals surface area contributed by atoms with Crippen LogP contribution in [0.2, 0.25) is 0 Å². The molecule has 1 heterocycles. The molecule has 0 spiro atoms. The van der Waals surface area contributed by atoms with Gasteiger partial charge in [0.25, 0.3) is 0 Å².